The molecule has 0 saturated heterocycles. The van der Waals surface area contributed by atoms with Gasteiger partial charge in [0.15, 0.2) is 9.76 Å². The molecule has 1 unspecified atom stereocenters. The zero-order valence-electron chi connectivity index (χ0n) is 28.5. The van der Waals surface area contributed by atoms with Crippen LogP contribution in [0.1, 0.15) is 145 Å². The minimum absolute atomic E-state index is 0.457. The molecule has 0 amide bonds. The van der Waals surface area contributed by atoms with E-state index >= 15 is 0 Å². The highest BCUT2D eigenvalue weighted by Gasteiger charge is 2.30. The molecule has 0 heterocycles. The fourth-order valence-electron chi connectivity index (χ4n) is 6.65. The number of hydrogen-bond acceptors (Lipinski definition) is 4. The molecule has 236 valence electrons. The highest BCUT2D eigenvalue weighted by Crippen LogP contribution is 2.39. The predicted octanol–water partition coefficient (Wildman–Crippen LogP) is 8.39. The summed E-state index contributed by atoms with van der Waals surface area (Å²) in [6, 6.07) is 1.38. The standard InChI is InChI=1S/C34H75N3OSi/c1-9-19-33(8)38-39-32-34(20-16-29-35(23-10-2)24-11-3,21-17-30-36(25-12-4)26-13-5)22-18-31-37(27-14-6)28-15-7/h33H,9-32,39H2,1-8H3. The summed E-state index contributed by atoms with van der Waals surface area (Å²) in [7, 11) is -0.501. The smallest absolute Gasteiger partial charge is 0.162 e. The van der Waals surface area contributed by atoms with E-state index in [1.807, 2.05) is 0 Å². The van der Waals surface area contributed by atoms with Crippen LogP contribution in [0.5, 0.6) is 0 Å². The first kappa shape index (κ1) is 39.1. The van der Waals surface area contributed by atoms with Crippen molar-refractivity contribution in [3.63, 3.8) is 0 Å². The molecular weight excluding hydrogens is 494 g/mol. The van der Waals surface area contributed by atoms with Crippen LogP contribution in [0.25, 0.3) is 0 Å². The first-order valence-corrected chi connectivity index (χ1v) is 19.3. The Morgan fingerprint density at radius 3 is 1.13 bits per heavy atom. The average molecular weight is 570 g/mol. The molecule has 0 bridgehead atoms. The van der Waals surface area contributed by atoms with Crippen LogP contribution in [-0.4, -0.2) is 89.5 Å². The van der Waals surface area contributed by atoms with E-state index in [-0.39, 0.29) is 0 Å². The van der Waals surface area contributed by atoms with Crippen molar-refractivity contribution in [3.05, 3.63) is 0 Å². The van der Waals surface area contributed by atoms with Crippen molar-refractivity contribution in [3.8, 4) is 0 Å². The summed E-state index contributed by atoms with van der Waals surface area (Å²) in [4.78, 5) is 8.20. The number of hydrogen-bond donors (Lipinski definition) is 0. The lowest BCUT2D eigenvalue weighted by Crippen LogP contribution is -2.33. The van der Waals surface area contributed by atoms with E-state index in [4.69, 9.17) is 4.43 Å². The van der Waals surface area contributed by atoms with Crippen molar-refractivity contribution in [2.75, 3.05) is 58.9 Å². The molecule has 0 spiro atoms. The molecule has 0 saturated carbocycles. The van der Waals surface area contributed by atoms with Gasteiger partial charge in [0, 0.05) is 6.10 Å². The second-order valence-corrected chi connectivity index (χ2v) is 13.8. The number of nitrogens with zero attached hydrogens (tertiary/aromatic N) is 3. The van der Waals surface area contributed by atoms with Gasteiger partial charge in [-0.3, -0.25) is 0 Å². The van der Waals surface area contributed by atoms with Crippen LogP contribution in [0.3, 0.4) is 0 Å². The fraction of sp³-hybridized carbons (Fsp3) is 1.00. The van der Waals surface area contributed by atoms with Crippen molar-refractivity contribution < 1.29 is 4.43 Å². The Kier molecular flexibility index (Phi) is 27.0. The van der Waals surface area contributed by atoms with E-state index < -0.39 is 9.76 Å². The lowest BCUT2D eigenvalue weighted by atomic mass is 9.76. The van der Waals surface area contributed by atoms with Gasteiger partial charge < -0.3 is 19.1 Å². The second-order valence-electron chi connectivity index (χ2n) is 12.6. The lowest BCUT2D eigenvalue weighted by Gasteiger charge is -2.37. The summed E-state index contributed by atoms with van der Waals surface area (Å²) < 4.78 is 6.56. The molecule has 0 rings (SSSR count). The summed E-state index contributed by atoms with van der Waals surface area (Å²) >= 11 is 0. The number of rotatable bonds is 30. The monoisotopic (exact) mass is 570 g/mol. The van der Waals surface area contributed by atoms with Gasteiger partial charge in [0.05, 0.1) is 0 Å². The largest absolute Gasteiger partial charge is 0.421 e. The maximum atomic E-state index is 6.56. The lowest BCUT2D eigenvalue weighted by molar-refractivity contribution is 0.163. The molecule has 0 N–H and O–H groups in total. The van der Waals surface area contributed by atoms with Crippen molar-refractivity contribution in [1.82, 2.24) is 14.7 Å². The van der Waals surface area contributed by atoms with Crippen LogP contribution in [0.4, 0.5) is 0 Å². The molecule has 0 aromatic rings. The first-order valence-electron chi connectivity index (χ1n) is 17.7. The molecule has 0 aliphatic carbocycles. The van der Waals surface area contributed by atoms with Crippen molar-refractivity contribution >= 4 is 9.76 Å². The van der Waals surface area contributed by atoms with Crippen LogP contribution in [0, 0.1) is 5.41 Å². The van der Waals surface area contributed by atoms with Crippen molar-refractivity contribution in [2.45, 2.75) is 157 Å². The van der Waals surface area contributed by atoms with Crippen LogP contribution in [0.15, 0.2) is 0 Å². The Morgan fingerprint density at radius 2 is 0.846 bits per heavy atom. The molecule has 5 heteroatoms. The minimum atomic E-state index is -0.501. The summed E-state index contributed by atoms with van der Waals surface area (Å²) in [5.74, 6) is 0. The summed E-state index contributed by atoms with van der Waals surface area (Å²) in [5.41, 5.74) is 0.483. The van der Waals surface area contributed by atoms with Crippen LogP contribution in [-0.2, 0) is 4.43 Å². The molecule has 0 aromatic carbocycles. The van der Waals surface area contributed by atoms with E-state index in [0.717, 1.165) is 0 Å². The van der Waals surface area contributed by atoms with Gasteiger partial charge in [-0.05, 0) is 161 Å². The highest BCUT2D eigenvalue weighted by molar-refractivity contribution is 6.27. The van der Waals surface area contributed by atoms with Crippen molar-refractivity contribution in [2.24, 2.45) is 5.41 Å². The maximum absolute atomic E-state index is 6.56. The molecule has 0 aromatic heterocycles. The van der Waals surface area contributed by atoms with Gasteiger partial charge in [0.2, 0.25) is 0 Å². The zero-order chi connectivity index (χ0) is 29.2. The van der Waals surface area contributed by atoms with Gasteiger partial charge in [-0.25, -0.2) is 0 Å². The molecule has 0 radical (unpaired) electrons. The van der Waals surface area contributed by atoms with Gasteiger partial charge in [0.25, 0.3) is 0 Å². The normalized spacial score (nSPS) is 13.6. The second kappa shape index (κ2) is 26.9. The summed E-state index contributed by atoms with van der Waals surface area (Å²) in [6.07, 6.45) is 18.8. The fourth-order valence-corrected chi connectivity index (χ4v) is 8.52. The Hall–Kier alpha value is 0.0569. The van der Waals surface area contributed by atoms with Crippen molar-refractivity contribution in [1.29, 1.82) is 0 Å². The third kappa shape index (κ3) is 20.6. The predicted molar refractivity (Wildman–Crippen MR) is 180 cm³/mol. The molecule has 1 atom stereocenters. The van der Waals surface area contributed by atoms with Crippen LogP contribution in [0.2, 0.25) is 6.04 Å². The molecular formula is C34H75N3OSi. The van der Waals surface area contributed by atoms with Gasteiger partial charge in [-0.2, -0.15) is 0 Å². The molecule has 0 aliphatic heterocycles. The van der Waals surface area contributed by atoms with Crippen LogP contribution >= 0.6 is 0 Å². The molecule has 0 aliphatic rings. The molecule has 39 heavy (non-hydrogen) atoms. The summed E-state index contributed by atoms with van der Waals surface area (Å²) in [5, 5.41) is 0. The Labute approximate surface area is 250 Å². The Balaban J connectivity index is 5.59. The molecule has 0 fully saturated rings. The van der Waals surface area contributed by atoms with Gasteiger partial charge in [-0.15, -0.1) is 0 Å². The third-order valence-corrected chi connectivity index (χ3v) is 10.6. The quantitative estimate of drug-likeness (QED) is 0.0809. The Morgan fingerprint density at radius 1 is 0.513 bits per heavy atom. The summed E-state index contributed by atoms with van der Waals surface area (Å²) in [6.45, 7) is 30.1. The topological polar surface area (TPSA) is 19.0 Å². The SMILES string of the molecule is CCCC(C)O[SiH2]CC(CCCN(CCC)CCC)(CCCN(CCC)CCC)CCCN(CCC)CCC. The first-order chi connectivity index (χ1) is 18.9. The third-order valence-electron chi connectivity index (χ3n) is 8.51. The van der Waals surface area contributed by atoms with E-state index in [2.05, 4.69) is 70.1 Å². The highest BCUT2D eigenvalue weighted by atomic mass is 28.2. The van der Waals surface area contributed by atoms with Gasteiger partial charge in [0.1, 0.15) is 0 Å². The minimum Gasteiger partial charge on any atom is -0.421 e. The maximum Gasteiger partial charge on any atom is 0.162 e. The average Bonchev–Trinajstić information content (AvgIpc) is 2.89. The van der Waals surface area contributed by atoms with Gasteiger partial charge >= 0.3 is 0 Å². The van der Waals surface area contributed by atoms with Crippen LogP contribution < -0.4 is 0 Å². The van der Waals surface area contributed by atoms with E-state index in [1.165, 1.54) is 155 Å². The Bertz CT molecular complexity index is 434. The zero-order valence-corrected chi connectivity index (χ0v) is 29.9. The molecule has 4 nitrogen and oxygen atoms in total. The van der Waals surface area contributed by atoms with Gasteiger partial charge in [-0.1, -0.05) is 54.9 Å². The van der Waals surface area contributed by atoms with E-state index in [9.17, 15) is 0 Å². The van der Waals surface area contributed by atoms with E-state index in [0.29, 0.717) is 11.5 Å². The van der Waals surface area contributed by atoms with E-state index in [1.54, 1.807) is 0 Å².